The van der Waals surface area contributed by atoms with Crippen LogP contribution in [0.2, 0.25) is 0 Å². The van der Waals surface area contributed by atoms with Crippen LogP contribution in [0.5, 0.6) is 0 Å². The number of rotatable bonds is 5. The molecule has 0 saturated heterocycles. The average molecular weight is 330 g/mol. The van der Waals surface area contributed by atoms with E-state index in [0.29, 0.717) is 5.95 Å². The zero-order valence-electron chi connectivity index (χ0n) is 13.9. The Labute approximate surface area is 145 Å². The van der Waals surface area contributed by atoms with Crippen LogP contribution in [0, 0.1) is 0 Å². The van der Waals surface area contributed by atoms with Crippen molar-refractivity contribution < 1.29 is 0 Å². The van der Waals surface area contributed by atoms with Crippen LogP contribution in [-0.4, -0.2) is 26.6 Å². The fraction of sp³-hybridized carbons (Fsp3) is 0.105. The summed E-state index contributed by atoms with van der Waals surface area (Å²) in [5.41, 5.74) is 2.03. The minimum Gasteiger partial charge on any atom is -0.355 e. The molecule has 4 rings (SSSR count). The third kappa shape index (κ3) is 3.28. The van der Waals surface area contributed by atoms with Crippen LogP contribution in [0.1, 0.15) is 5.56 Å². The van der Waals surface area contributed by atoms with E-state index in [1.807, 2.05) is 59.1 Å². The largest absolute Gasteiger partial charge is 0.355 e. The Hall–Kier alpha value is -3.41. The van der Waals surface area contributed by atoms with Crippen LogP contribution in [0.25, 0.3) is 5.65 Å². The van der Waals surface area contributed by atoms with Crippen LogP contribution >= 0.6 is 0 Å². The molecule has 6 nitrogen and oxygen atoms in total. The van der Waals surface area contributed by atoms with E-state index in [1.54, 1.807) is 6.20 Å². The van der Waals surface area contributed by atoms with Gasteiger partial charge in [-0.05, 0) is 29.8 Å². The Morgan fingerprint density at radius 1 is 0.960 bits per heavy atom. The van der Waals surface area contributed by atoms with Gasteiger partial charge in [0, 0.05) is 19.8 Å². The first kappa shape index (κ1) is 15.1. The van der Waals surface area contributed by atoms with Crippen molar-refractivity contribution in [3.05, 3.63) is 78.5 Å². The van der Waals surface area contributed by atoms with Gasteiger partial charge in [0.2, 0.25) is 5.95 Å². The molecule has 0 bridgehead atoms. The molecule has 0 spiro atoms. The highest BCUT2D eigenvalue weighted by atomic mass is 15.4. The van der Waals surface area contributed by atoms with Gasteiger partial charge in [-0.25, -0.2) is 4.98 Å². The fourth-order valence-electron chi connectivity index (χ4n) is 2.72. The van der Waals surface area contributed by atoms with E-state index >= 15 is 0 Å². The summed E-state index contributed by atoms with van der Waals surface area (Å²) in [6.45, 7) is 0.794. The highest BCUT2D eigenvalue weighted by Gasteiger charge is 2.11. The molecule has 0 amide bonds. The molecule has 0 aliphatic rings. The van der Waals surface area contributed by atoms with Crippen molar-refractivity contribution in [3.63, 3.8) is 0 Å². The Bertz CT molecular complexity index is 965. The number of pyridine rings is 2. The molecule has 0 radical (unpaired) electrons. The maximum absolute atomic E-state index is 4.58. The van der Waals surface area contributed by atoms with Gasteiger partial charge in [-0.3, -0.25) is 0 Å². The summed E-state index contributed by atoms with van der Waals surface area (Å²) in [6, 6.07) is 22.0. The quantitative estimate of drug-likeness (QED) is 0.607. The maximum atomic E-state index is 4.58. The summed E-state index contributed by atoms with van der Waals surface area (Å²) in [5.74, 6) is 2.22. The van der Waals surface area contributed by atoms with E-state index in [-0.39, 0.29) is 0 Å². The topological polar surface area (TPSA) is 58.4 Å². The molecule has 3 heterocycles. The third-order valence-corrected chi connectivity index (χ3v) is 3.90. The van der Waals surface area contributed by atoms with Crippen LogP contribution < -0.4 is 10.2 Å². The van der Waals surface area contributed by atoms with E-state index < -0.39 is 0 Å². The van der Waals surface area contributed by atoms with Crippen LogP contribution in [0.3, 0.4) is 0 Å². The molecule has 0 aliphatic heterocycles. The molecule has 1 aromatic carbocycles. The van der Waals surface area contributed by atoms with Crippen molar-refractivity contribution in [2.75, 3.05) is 17.3 Å². The smallest absolute Gasteiger partial charge is 0.248 e. The molecular formula is C19H18N6. The van der Waals surface area contributed by atoms with Gasteiger partial charge in [-0.2, -0.15) is 9.50 Å². The standard InChI is InChI=1S/C19H18N6/c1-24(14-15-8-3-2-4-9-15)18-12-7-11-17-22-19(23-25(17)18)21-16-10-5-6-13-20-16/h2-13H,14H2,1H3,(H,20,21,23). The molecule has 4 aromatic rings. The number of nitrogens with zero attached hydrogens (tertiary/aromatic N) is 5. The second-order valence-corrected chi connectivity index (χ2v) is 5.77. The number of fused-ring (bicyclic) bond motifs is 1. The van der Waals surface area contributed by atoms with Crippen molar-refractivity contribution in [1.82, 2.24) is 19.6 Å². The molecular weight excluding hydrogens is 312 g/mol. The summed E-state index contributed by atoms with van der Waals surface area (Å²) in [5, 5.41) is 7.72. The second-order valence-electron chi connectivity index (χ2n) is 5.77. The lowest BCUT2D eigenvalue weighted by molar-refractivity contribution is 0.842. The Morgan fingerprint density at radius 2 is 1.80 bits per heavy atom. The van der Waals surface area contributed by atoms with Crippen molar-refractivity contribution in [2.45, 2.75) is 6.54 Å². The normalized spacial score (nSPS) is 10.8. The zero-order chi connectivity index (χ0) is 17.1. The lowest BCUT2D eigenvalue weighted by Gasteiger charge is -2.19. The van der Waals surface area contributed by atoms with Crippen LogP contribution in [0.15, 0.2) is 72.9 Å². The molecule has 25 heavy (non-hydrogen) atoms. The number of nitrogens with one attached hydrogen (secondary N) is 1. The number of hydrogen-bond donors (Lipinski definition) is 1. The summed E-state index contributed by atoms with van der Waals surface area (Å²) in [6.07, 6.45) is 1.73. The summed E-state index contributed by atoms with van der Waals surface area (Å²) in [4.78, 5) is 10.9. The van der Waals surface area contributed by atoms with E-state index in [9.17, 15) is 0 Å². The molecule has 3 aromatic heterocycles. The first-order valence-corrected chi connectivity index (χ1v) is 8.08. The van der Waals surface area contributed by atoms with Crippen LogP contribution in [-0.2, 0) is 6.54 Å². The highest BCUT2D eigenvalue weighted by Crippen LogP contribution is 2.19. The molecule has 0 atom stereocenters. The molecule has 1 N–H and O–H groups in total. The monoisotopic (exact) mass is 330 g/mol. The number of anilines is 3. The van der Waals surface area contributed by atoms with Gasteiger partial charge in [0.25, 0.3) is 0 Å². The predicted octanol–water partition coefficient (Wildman–Crippen LogP) is 3.50. The fourth-order valence-corrected chi connectivity index (χ4v) is 2.72. The Kier molecular flexibility index (Phi) is 4.00. The SMILES string of the molecule is CN(Cc1ccccc1)c1cccc2nc(Nc3ccccn3)nn12. The van der Waals surface area contributed by atoms with Gasteiger partial charge >= 0.3 is 0 Å². The Morgan fingerprint density at radius 3 is 2.60 bits per heavy atom. The predicted molar refractivity (Wildman–Crippen MR) is 99.1 cm³/mol. The first-order chi connectivity index (χ1) is 12.3. The van der Waals surface area contributed by atoms with Gasteiger partial charge in [-0.15, -0.1) is 5.10 Å². The van der Waals surface area contributed by atoms with Crippen LogP contribution in [0.4, 0.5) is 17.6 Å². The maximum Gasteiger partial charge on any atom is 0.248 e. The van der Waals surface area contributed by atoms with E-state index in [1.165, 1.54) is 5.56 Å². The summed E-state index contributed by atoms with van der Waals surface area (Å²) in [7, 11) is 2.05. The average Bonchev–Trinajstić information content (AvgIpc) is 3.05. The molecule has 6 heteroatoms. The van der Waals surface area contributed by atoms with Crippen molar-refractivity contribution >= 4 is 23.2 Å². The number of hydrogen-bond acceptors (Lipinski definition) is 5. The lowest BCUT2D eigenvalue weighted by Crippen LogP contribution is -2.19. The van der Waals surface area contributed by atoms with Gasteiger partial charge in [0.05, 0.1) is 0 Å². The van der Waals surface area contributed by atoms with Crippen molar-refractivity contribution in [2.24, 2.45) is 0 Å². The Balaban J connectivity index is 1.63. The van der Waals surface area contributed by atoms with E-state index in [2.05, 4.69) is 44.5 Å². The highest BCUT2D eigenvalue weighted by molar-refractivity contribution is 5.56. The van der Waals surface area contributed by atoms with Crippen molar-refractivity contribution in [3.8, 4) is 0 Å². The third-order valence-electron chi connectivity index (χ3n) is 3.90. The first-order valence-electron chi connectivity index (χ1n) is 8.08. The van der Waals surface area contributed by atoms with E-state index in [0.717, 1.165) is 23.8 Å². The summed E-state index contributed by atoms with van der Waals surface area (Å²) < 4.78 is 1.84. The van der Waals surface area contributed by atoms with E-state index in [4.69, 9.17) is 0 Å². The number of aromatic nitrogens is 4. The number of benzene rings is 1. The summed E-state index contributed by atoms with van der Waals surface area (Å²) >= 11 is 0. The van der Waals surface area contributed by atoms with Gasteiger partial charge in [0.1, 0.15) is 11.6 Å². The molecule has 0 aliphatic carbocycles. The lowest BCUT2D eigenvalue weighted by atomic mass is 10.2. The van der Waals surface area contributed by atoms with Gasteiger partial charge in [-0.1, -0.05) is 42.5 Å². The molecule has 0 unspecified atom stereocenters. The minimum atomic E-state index is 0.527. The minimum absolute atomic E-state index is 0.527. The zero-order valence-corrected chi connectivity index (χ0v) is 13.9. The molecule has 124 valence electrons. The second kappa shape index (κ2) is 6.60. The molecule has 0 saturated carbocycles. The van der Waals surface area contributed by atoms with Gasteiger partial charge < -0.3 is 10.2 Å². The van der Waals surface area contributed by atoms with Gasteiger partial charge in [0.15, 0.2) is 5.65 Å². The molecule has 0 fully saturated rings. The van der Waals surface area contributed by atoms with Crippen molar-refractivity contribution in [1.29, 1.82) is 0 Å².